The van der Waals surface area contributed by atoms with Crippen LogP contribution in [0.5, 0.6) is 0 Å². The third-order valence-electron chi connectivity index (χ3n) is 2.57. The average molecular weight is 272 g/mol. The third-order valence-corrected chi connectivity index (χ3v) is 3.33. The fraction of sp³-hybridized carbons (Fsp3) is 0.0769. The molecule has 0 fully saturated rings. The van der Waals surface area contributed by atoms with E-state index < -0.39 is 0 Å². The van der Waals surface area contributed by atoms with Crippen molar-refractivity contribution in [1.29, 1.82) is 0 Å². The van der Waals surface area contributed by atoms with E-state index in [0.717, 1.165) is 27.8 Å². The van der Waals surface area contributed by atoms with E-state index in [9.17, 15) is 0 Å². The molecule has 0 amide bonds. The Morgan fingerprint density at radius 1 is 1.26 bits per heavy atom. The molecule has 0 unspecified atom stereocenters. The lowest BCUT2D eigenvalue weighted by molar-refractivity contribution is 0.400. The maximum Gasteiger partial charge on any atom is 0.188 e. The van der Waals surface area contributed by atoms with Gasteiger partial charge >= 0.3 is 0 Å². The maximum absolute atomic E-state index is 5.67. The monoisotopic (exact) mass is 272 g/mol. The van der Waals surface area contributed by atoms with Gasteiger partial charge in [-0.1, -0.05) is 17.3 Å². The minimum atomic E-state index is 0.663. The summed E-state index contributed by atoms with van der Waals surface area (Å²) in [7, 11) is 0. The van der Waals surface area contributed by atoms with Crippen molar-refractivity contribution in [3.8, 4) is 11.3 Å². The number of aromatic nitrogens is 2. The van der Waals surface area contributed by atoms with E-state index in [-0.39, 0.29) is 0 Å². The summed E-state index contributed by atoms with van der Waals surface area (Å²) in [6.45, 7) is 1.85. The van der Waals surface area contributed by atoms with Crippen LogP contribution in [-0.4, -0.2) is 10.1 Å². The zero-order chi connectivity index (χ0) is 13.2. The quantitative estimate of drug-likeness (QED) is 0.714. The molecule has 0 saturated carbocycles. The average Bonchev–Trinajstić information content (AvgIpc) is 3.00. The number of rotatable bonds is 3. The van der Waals surface area contributed by atoms with Crippen molar-refractivity contribution in [2.45, 2.75) is 6.92 Å². The first-order chi connectivity index (χ1) is 9.20. The van der Waals surface area contributed by atoms with E-state index >= 15 is 0 Å². The lowest BCUT2D eigenvalue weighted by atomic mass is 10.1. The molecule has 0 saturated heterocycles. The Morgan fingerprint density at radius 2 is 2.05 bits per heavy atom. The van der Waals surface area contributed by atoms with Gasteiger partial charge in [0.1, 0.15) is 5.76 Å². The number of nitrogens with two attached hydrogens (primary N) is 1. The Labute approximate surface area is 114 Å². The molecule has 19 heavy (non-hydrogen) atoms. The first-order valence-corrected chi connectivity index (χ1v) is 6.60. The van der Waals surface area contributed by atoms with Crippen LogP contribution in [0.15, 0.2) is 40.2 Å². The zero-order valence-electron chi connectivity index (χ0n) is 10.3. The number of nitrogens with one attached hydrogen (secondary N) is 1. The SMILES string of the molecule is Cc1cc(Nc2nc(-c3ccc(N)cc3)cs2)no1. The van der Waals surface area contributed by atoms with Crippen LogP contribution in [0, 0.1) is 6.92 Å². The molecule has 2 heterocycles. The van der Waals surface area contributed by atoms with E-state index in [0.29, 0.717) is 5.82 Å². The molecule has 0 bridgehead atoms. The Bertz CT molecular complexity index is 687. The smallest absolute Gasteiger partial charge is 0.188 e. The molecule has 3 N–H and O–H groups in total. The first kappa shape index (κ1) is 11.7. The van der Waals surface area contributed by atoms with E-state index in [1.165, 1.54) is 11.3 Å². The Hall–Kier alpha value is -2.34. The van der Waals surface area contributed by atoms with Crippen LogP contribution < -0.4 is 11.1 Å². The number of nitrogens with zero attached hydrogens (tertiary/aromatic N) is 2. The van der Waals surface area contributed by atoms with E-state index in [1.807, 2.05) is 42.6 Å². The van der Waals surface area contributed by atoms with Gasteiger partial charge in [-0.05, 0) is 19.1 Å². The largest absolute Gasteiger partial charge is 0.399 e. The number of aryl methyl sites for hydroxylation is 1. The number of benzene rings is 1. The lowest BCUT2D eigenvalue weighted by Crippen LogP contribution is -1.89. The molecule has 3 rings (SSSR count). The summed E-state index contributed by atoms with van der Waals surface area (Å²) in [5.74, 6) is 1.42. The molecule has 3 aromatic rings. The highest BCUT2D eigenvalue weighted by molar-refractivity contribution is 7.14. The van der Waals surface area contributed by atoms with Crippen molar-refractivity contribution in [1.82, 2.24) is 10.1 Å². The van der Waals surface area contributed by atoms with Gasteiger partial charge in [0.2, 0.25) is 0 Å². The van der Waals surface area contributed by atoms with Gasteiger partial charge in [0.25, 0.3) is 0 Å². The second kappa shape index (κ2) is 4.74. The molecule has 5 nitrogen and oxygen atoms in total. The molecule has 0 atom stereocenters. The Morgan fingerprint density at radius 3 is 2.74 bits per heavy atom. The molecule has 0 aliphatic rings. The maximum atomic E-state index is 5.67. The van der Waals surface area contributed by atoms with Crippen molar-refractivity contribution in [3.63, 3.8) is 0 Å². The summed E-state index contributed by atoms with van der Waals surface area (Å²) in [4.78, 5) is 4.50. The highest BCUT2D eigenvalue weighted by Gasteiger charge is 2.06. The molecule has 0 aliphatic heterocycles. The first-order valence-electron chi connectivity index (χ1n) is 5.72. The number of hydrogen-bond donors (Lipinski definition) is 2. The summed E-state index contributed by atoms with van der Waals surface area (Å²) in [5.41, 5.74) is 8.36. The number of hydrogen-bond acceptors (Lipinski definition) is 6. The summed E-state index contributed by atoms with van der Waals surface area (Å²) in [5, 5.41) is 9.74. The lowest BCUT2D eigenvalue weighted by Gasteiger charge is -1.97. The third kappa shape index (κ3) is 2.58. The summed E-state index contributed by atoms with van der Waals surface area (Å²) in [6.07, 6.45) is 0. The molecule has 1 aromatic carbocycles. The molecule has 0 spiro atoms. The van der Waals surface area contributed by atoms with Crippen LogP contribution >= 0.6 is 11.3 Å². The highest BCUT2D eigenvalue weighted by atomic mass is 32.1. The van der Waals surface area contributed by atoms with Crippen molar-refractivity contribution in [3.05, 3.63) is 41.5 Å². The fourth-order valence-corrected chi connectivity index (χ4v) is 2.38. The summed E-state index contributed by atoms with van der Waals surface area (Å²) in [6, 6.07) is 9.46. The zero-order valence-corrected chi connectivity index (χ0v) is 11.1. The Balaban J connectivity index is 1.81. The van der Waals surface area contributed by atoms with Crippen molar-refractivity contribution in [2.75, 3.05) is 11.1 Å². The molecule has 0 radical (unpaired) electrons. The summed E-state index contributed by atoms with van der Waals surface area (Å²) >= 11 is 1.52. The van der Waals surface area contributed by atoms with Crippen molar-refractivity contribution >= 4 is 28.0 Å². The van der Waals surface area contributed by atoms with Crippen LogP contribution in [0.2, 0.25) is 0 Å². The number of nitrogen functional groups attached to an aromatic ring is 1. The van der Waals surface area contributed by atoms with Crippen LogP contribution in [0.1, 0.15) is 5.76 Å². The fourth-order valence-electron chi connectivity index (χ4n) is 1.65. The topological polar surface area (TPSA) is 77.0 Å². The van der Waals surface area contributed by atoms with Crippen LogP contribution in [0.25, 0.3) is 11.3 Å². The van der Waals surface area contributed by atoms with Gasteiger partial charge < -0.3 is 15.6 Å². The van der Waals surface area contributed by atoms with Gasteiger partial charge in [0.15, 0.2) is 10.9 Å². The van der Waals surface area contributed by atoms with Gasteiger partial charge in [-0.2, -0.15) is 0 Å². The van der Waals surface area contributed by atoms with Gasteiger partial charge in [0.05, 0.1) is 5.69 Å². The molecular weight excluding hydrogens is 260 g/mol. The summed E-state index contributed by atoms with van der Waals surface area (Å²) < 4.78 is 4.99. The second-order valence-electron chi connectivity index (χ2n) is 4.11. The van der Waals surface area contributed by atoms with Crippen LogP contribution in [0.3, 0.4) is 0 Å². The second-order valence-corrected chi connectivity index (χ2v) is 4.97. The highest BCUT2D eigenvalue weighted by Crippen LogP contribution is 2.27. The van der Waals surface area contributed by atoms with Gasteiger partial charge in [-0.3, -0.25) is 0 Å². The predicted molar refractivity (Wildman–Crippen MR) is 76.5 cm³/mol. The minimum Gasteiger partial charge on any atom is -0.399 e. The van der Waals surface area contributed by atoms with E-state index in [4.69, 9.17) is 10.3 Å². The van der Waals surface area contributed by atoms with Gasteiger partial charge in [-0.25, -0.2) is 4.98 Å². The Kier molecular flexibility index (Phi) is 2.92. The van der Waals surface area contributed by atoms with Crippen LogP contribution in [-0.2, 0) is 0 Å². The van der Waals surface area contributed by atoms with Gasteiger partial charge in [-0.15, -0.1) is 11.3 Å². The van der Waals surface area contributed by atoms with Gasteiger partial charge in [0, 0.05) is 22.7 Å². The molecule has 0 aliphatic carbocycles. The number of thiazole rings is 1. The molecule has 6 heteroatoms. The standard InChI is InChI=1S/C13H12N4OS/c1-8-6-12(17-18-8)16-13-15-11(7-19-13)9-2-4-10(14)5-3-9/h2-7H,14H2,1H3,(H,15,16,17). The molecular formula is C13H12N4OS. The molecule has 2 aromatic heterocycles. The van der Waals surface area contributed by atoms with E-state index in [1.54, 1.807) is 0 Å². The molecule has 96 valence electrons. The number of anilines is 3. The van der Waals surface area contributed by atoms with Crippen molar-refractivity contribution < 1.29 is 4.52 Å². The van der Waals surface area contributed by atoms with Crippen molar-refractivity contribution in [2.24, 2.45) is 0 Å². The normalized spacial score (nSPS) is 10.6. The van der Waals surface area contributed by atoms with Crippen LogP contribution in [0.4, 0.5) is 16.6 Å². The minimum absolute atomic E-state index is 0.663. The van der Waals surface area contributed by atoms with E-state index in [2.05, 4.69) is 15.5 Å². The predicted octanol–water partition coefficient (Wildman–Crippen LogP) is 3.43.